The van der Waals surface area contributed by atoms with Gasteiger partial charge >= 0.3 is 0 Å². The average Bonchev–Trinajstić information content (AvgIpc) is 2.92. The molecule has 2 aliphatic heterocycles. The Morgan fingerprint density at radius 2 is 1.61 bits per heavy atom. The van der Waals surface area contributed by atoms with Gasteiger partial charge in [-0.3, -0.25) is 9.59 Å². The van der Waals surface area contributed by atoms with E-state index in [9.17, 15) is 9.59 Å². The molecule has 0 unspecified atom stereocenters. The first kappa shape index (κ1) is 23.7. The molecule has 1 fully saturated rings. The highest BCUT2D eigenvalue weighted by molar-refractivity contribution is 5.94. The van der Waals surface area contributed by atoms with E-state index in [1.807, 2.05) is 66.7 Å². The van der Waals surface area contributed by atoms with Crippen LogP contribution in [0.5, 0.6) is 5.75 Å². The number of benzene rings is 3. The zero-order valence-electron chi connectivity index (χ0n) is 20.5. The van der Waals surface area contributed by atoms with E-state index in [2.05, 4.69) is 17.9 Å². The van der Waals surface area contributed by atoms with E-state index >= 15 is 0 Å². The van der Waals surface area contributed by atoms with Gasteiger partial charge in [-0.1, -0.05) is 42.3 Å². The largest absolute Gasteiger partial charge is 0.462 e. The number of nitrogens with zero attached hydrogens (tertiary/aromatic N) is 2. The highest BCUT2D eigenvalue weighted by Crippen LogP contribution is 2.39. The summed E-state index contributed by atoms with van der Waals surface area (Å²) in [6.07, 6.45) is 1.18. The highest BCUT2D eigenvalue weighted by Gasteiger charge is 2.41. The third-order valence-corrected chi connectivity index (χ3v) is 6.62. The number of carbonyl (C=O) groups excluding carboxylic acids is 2. The summed E-state index contributed by atoms with van der Waals surface area (Å²) in [5.74, 6) is 5.59. The van der Waals surface area contributed by atoms with E-state index in [0.29, 0.717) is 38.1 Å². The van der Waals surface area contributed by atoms with E-state index in [1.54, 1.807) is 23.9 Å². The van der Waals surface area contributed by atoms with Gasteiger partial charge in [-0.25, -0.2) is 0 Å². The van der Waals surface area contributed by atoms with Crippen LogP contribution in [0.1, 0.15) is 34.3 Å². The van der Waals surface area contributed by atoms with Gasteiger partial charge in [0.1, 0.15) is 5.75 Å². The molecular formula is C30H28N2O4. The fourth-order valence-corrected chi connectivity index (χ4v) is 4.50. The van der Waals surface area contributed by atoms with Crippen molar-refractivity contribution >= 4 is 11.8 Å². The Hall–Kier alpha value is -4.08. The maximum absolute atomic E-state index is 12.6. The molecule has 2 heterocycles. The van der Waals surface area contributed by atoms with E-state index in [4.69, 9.17) is 9.47 Å². The Kier molecular flexibility index (Phi) is 6.49. The van der Waals surface area contributed by atoms with Crippen LogP contribution >= 0.6 is 0 Å². The number of fused-ring (bicyclic) bond motifs is 1. The Morgan fingerprint density at radius 1 is 0.917 bits per heavy atom. The Balaban J connectivity index is 1.22. The summed E-state index contributed by atoms with van der Waals surface area (Å²) >= 11 is 0. The lowest BCUT2D eigenvalue weighted by Crippen LogP contribution is -2.52. The molecule has 5 rings (SSSR count). The summed E-state index contributed by atoms with van der Waals surface area (Å²) in [4.78, 5) is 28.0. The summed E-state index contributed by atoms with van der Waals surface area (Å²) in [6, 6.07) is 23.2. The molecule has 0 aromatic heterocycles. The SMILES string of the molecule is CN(C)C(=O)c1ccc(-c2ccc3c(c2)COC2(CCN(C(=O)C#Cc4ccccc4)CC2)O3)cc1. The van der Waals surface area contributed by atoms with Crippen LogP contribution in [0, 0.1) is 11.8 Å². The van der Waals surface area contributed by atoms with Crippen molar-refractivity contribution in [3.05, 3.63) is 89.5 Å². The van der Waals surface area contributed by atoms with Gasteiger partial charge in [0, 0.05) is 62.6 Å². The maximum Gasteiger partial charge on any atom is 0.298 e. The summed E-state index contributed by atoms with van der Waals surface area (Å²) in [5, 5.41) is 0. The van der Waals surface area contributed by atoms with E-state index < -0.39 is 5.79 Å². The number of carbonyl (C=O) groups is 2. The lowest BCUT2D eigenvalue weighted by atomic mass is 9.98. The van der Waals surface area contributed by atoms with Gasteiger partial charge < -0.3 is 19.3 Å². The molecule has 3 aromatic carbocycles. The van der Waals surface area contributed by atoms with Crippen LogP contribution in [0.3, 0.4) is 0 Å². The second-order valence-corrected chi connectivity index (χ2v) is 9.31. The van der Waals surface area contributed by atoms with Crippen molar-refractivity contribution in [3.63, 3.8) is 0 Å². The first-order valence-electron chi connectivity index (χ1n) is 12.1. The molecule has 0 saturated carbocycles. The fourth-order valence-electron chi connectivity index (χ4n) is 4.50. The van der Waals surface area contributed by atoms with Crippen molar-refractivity contribution in [2.45, 2.75) is 25.2 Å². The van der Waals surface area contributed by atoms with E-state index in [-0.39, 0.29) is 11.8 Å². The predicted octanol–water partition coefficient (Wildman–Crippen LogP) is 4.33. The van der Waals surface area contributed by atoms with Gasteiger partial charge in [0.2, 0.25) is 5.79 Å². The molecule has 6 heteroatoms. The number of hydrogen-bond acceptors (Lipinski definition) is 4. The molecule has 2 aliphatic rings. The summed E-state index contributed by atoms with van der Waals surface area (Å²) in [6.45, 7) is 1.52. The topological polar surface area (TPSA) is 59.1 Å². The Labute approximate surface area is 211 Å². The van der Waals surface area contributed by atoms with Gasteiger partial charge in [0.05, 0.1) is 6.61 Å². The molecule has 36 heavy (non-hydrogen) atoms. The standard InChI is InChI=1S/C30H28N2O4/c1-31(2)29(34)24-11-9-23(10-12-24)25-13-14-27-26(20-25)21-35-30(36-27)16-18-32(19-17-30)28(33)15-8-22-6-4-3-5-7-22/h3-7,9-14,20H,16-19,21H2,1-2H3. The monoisotopic (exact) mass is 480 g/mol. The first-order valence-corrected chi connectivity index (χ1v) is 12.1. The highest BCUT2D eigenvalue weighted by atomic mass is 16.7. The number of likely N-dealkylation sites (tertiary alicyclic amines) is 1. The van der Waals surface area contributed by atoms with Gasteiger partial charge in [0.15, 0.2) is 0 Å². The van der Waals surface area contributed by atoms with Crippen molar-refractivity contribution in [2.75, 3.05) is 27.2 Å². The fraction of sp³-hybridized carbons (Fsp3) is 0.267. The van der Waals surface area contributed by atoms with E-state index in [0.717, 1.165) is 28.0 Å². The van der Waals surface area contributed by atoms with Crippen LogP contribution in [0.4, 0.5) is 0 Å². The van der Waals surface area contributed by atoms with Crippen molar-refractivity contribution in [3.8, 4) is 28.7 Å². The van der Waals surface area contributed by atoms with Crippen LogP contribution in [-0.2, 0) is 16.1 Å². The van der Waals surface area contributed by atoms with Crippen LogP contribution in [-0.4, -0.2) is 54.6 Å². The summed E-state index contributed by atoms with van der Waals surface area (Å²) in [5.41, 5.74) is 4.53. The second kappa shape index (κ2) is 9.88. The molecule has 1 spiro atoms. The van der Waals surface area contributed by atoms with Crippen molar-refractivity contribution < 1.29 is 19.1 Å². The zero-order chi connectivity index (χ0) is 25.1. The third-order valence-electron chi connectivity index (χ3n) is 6.62. The Morgan fingerprint density at radius 3 is 2.31 bits per heavy atom. The molecule has 0 radical (unpaired) electrons. The van der Waals surface area contributed by atoms with Gasteiger partial charge in [-0.2, -0.15) is 0 Å². The lowest BCUT2D eigenvalue weighted by Gasteiger charge is -2.43. The molecule has 0 aliphatic carbocycles. The molecule has 0 atom stereocenters. The van der Waals surface area contributed by atoms with E-state index in [1.165, 1.54) is 0 Å². The molecule has 3 aromatic rings. The molecule has 2 amide bonds. The molecule has 1 saturated heterocycles. The van der Waals surface area contributed by atoms with Gasteiger partial charge in [-0.05, 0) is 47.5 Å². The molecule has 0 N–H and O–H groups in total. The molecule has 6 nitrogen and oxygen atoms in total. The zero-order valence-corrected chi connectivity index (χ0v) is 20.5. The van der Waals surface area contributed by atoms with Crippen LogP contribution in [0.2, 0.25) is 0 Å². The average molecular weight is 481 g/mol. The first-order chi connectivity index (χ1) is 17.4. The lowest BCUT2D eigenvalue weighted by molar-refractivity contribution is -0.227. The third kappa shape index (κ3) is 4.98. The molecule has 0 bridgehead atoms. The normalized spacial score (nSPS) is 15.8. The Bertz CT molecular complexity index is 1330. The number of ether oxygens (including phenoxy) is 2. The summed E-state index contributed by atoms with van der Waals surface area (Å²) < 4.78 is 12.6. The minimum absolute atomic E-state index is 0.0184. The minimum Gasteiger partial charge on any atom is -0.462 e. The van der Waals surface area contributed by atoms with Crippen LogP contribution in [0.15, 0.2) is 72.8 Å². The molecule has 182 valence electrons. The maximum atomic E-state index is 12.6. The number of piperidine rings is 1. The van der Waals surface area contributed by atoms with Crippen molar-refractivity contribution in [1.29, 1.82) is 0 Å². The number of amides is 2. The predicted molar refractivity (Wildman–Crippen MR) is 137 cm³/mol. The van der Waals surface area contributed by atoms with Gasteiger partial charge in [-0.15, -0.1) is 0 Å². The smallest absolute Gasteiger partial charge is 0.298 e. The van der Waals surface area contributed by atoms with Gasteiger partial charge in [0.25, 0.3) is 11.8 Å². The number of hydrogen-bond donors (Lipinski definition) is 0. The van der Waals surface area contributed by atoms with Crippen LogP contribution < -0.4 is 4.74 Å². The number of rotatable bonds is 2. The molecular weight excluding hydrogens is 452 g/mol. The van der Waals surface area contributed by atoms with Crippen molar-refractivity contribution in [1.82, 2.24) is 9.80 Å². The van der Waals surface area contributed by atoms with Crippen LogP contribution in [0.25, 0.3) is 11.1 Å². The van der Waals surface area contributed by atoms with Crippen molar-refractivity contribution in [2.24, 2.45) is 0 Å². The quantitative estimate of drug-likeness (QED) is 0.512. The minimum atomic E-state index is -0.716. The summed E-state index contributed by atoms with van der Waals surface area (Å²) in [7, 11) is 3.49. The second-order valence-electron chi connectivity index (χ2n) is 9.31.